The first-order valence-electron chi connectivity index (χ1n) is 11.1. The van der Waals surface area contributed by atoms with E-state index in [4.69, 9.17) is 0 Å². The second-order valence-corrected chi connectivity index (χ2v) is 12.7. The minimum Gasteiger partial charge on any atom is -0.508 e. The van der Waals surface area contributed by atoms with Gasteiger partial charge in [-0.05, 0) is 103 Å². The van der Waals surface area contributed by atoms with E-state index in [1.54, 1.807) is 6.07 Å². The van der Waals surface area contributed by atoms with Gasteiger partial charge in [0.05, 0.1) is 0 Å². The highest BCUT2D eigenvalue weighted by molar-refractivity contribution is 7.91. The van der Waals surface area contributed by atoms with Gasteiger partial charge in [-0.25, -0.2) is 13.1 Å². The van der Waals surface area contributed by atoms with Crippen molar-refractivity contribution in [1.29, 1.82) is 0 Å². The minimum atomic E-state index is -3.49. The Morgan fingerprint density at radius 3 is 2.84 bits per heavy atom. The van der Waals surface area contributed by atoms with E-state index in [1.165, 1.54) is 29.5 Å². The fraction of sp³-hybridized carbons (Fsp3) is 0.542. The molecule has 5 rings (SSSR count). The van der Waals surface area contributed by atoms with Crippen LogP contribution in [-0.4, -0.2) is 26.4 Å². The number of hydrogen-bond acceptors (Lipinski definition) is 5. The first-order chi connectivity index (χ1) is 14.7. The van der Waals surface area contributed by atoms with Gasteiger partial charge in [-0.1, -0.05) is 13.0 Å². The molecule has 1 aromatic heterocycles. The largest absolute Gasteiger partial charge is 0.508 e. The van der Waals surface area contributed by atoms with Crippen molar-refractivity contribution >= 4 is 27.1 Å². The summed E-state index contributed by atoms with van der Waals surface area (Å²) in [6, 6.07) is 7.67. The molecule has 166 valence electrons. The van der Waals surface area contributed by atoms with Gasteiger partial charge in [-0.15, -0.1) is 11.3 Å². The number of rotatable bonds is 4. The van der Waals surface area contributed by atoms with Gasteiger partial charge in [0.1, 0.15) is 15.7 Å². The van der Waals surface area contributed by atoms with Crippen molar-refractivity contribution in [2.24, 2.45) is 23.2 Å². The molecule has 2 N–H and O–H groups in total. The van der Waals surface area contributed by atoms with Crippen LogP contribution in [0.5, 0.6) is 5.75 Å². The molecule has 0 bridgehead atoms. The van der Waals surface area contributed by atoms with Crippen LogP contribution in [0.25, 0.3) is 0 Å². The Hall–Kier alpha value is -1.70. The van der Waals surface area contributed by atoms with Crippen molar-refractivity contribution in [3.8, 4) is 5.75 Å². The number of carbonyl (C=O) groups excluding carboxylic acids is 1. The summed E-state index contributed by atoms with van der Waals surface area (Å²) in [6.07, 6.45) is 5.03. The van der Waals surface area contributed by atoms with Gasteiger partial charge in [-0.2, -0.15) is 0 Å². The van der Waals surface area contributed by atoms with Crippen molar-refractivity contribution in [3.05, 3.63) is 46.3 Å². The summed E-state index contributed by atoms with van der Waals surface area (Å²) in [5.41, 5.74) is 3.11. The number of Topliss-reactive ketones (excluding diaryl/α,β-unsaturated/α-hetero) is 1. The highest BCUT2D eigenvalue weighted by atomic mass is 32.2. The van der Waals surface area contributed by atoms with Crippen LogP contribution in [-0.2, 0) is 27.7 Å². The molecular formula is C24H29NO4S2. The van der Waals surface area contributed by atoms with Gasteiger partial charge < -0.3 is 5.11 Å². The van der Waals surface area contributed by atoms with Gasteiger partial charge in [0.25, 0.3) is 0 Å². The second-order valence-electron chi connectivity index (χ2n) is 9.71. The number of phenols is 1. The third-order valence-electron chi connectivity index (χ3n) is 8.26. The van der Waals surface area contributed by atoms with Crippen LogP contribution < -0.4 is 4.72 Å². The van der Waals surface area contributed by atoms with Crippen LogP contribution in [0.1, 0.15) is 55.2 Å². The summed E-state index contributed by atoms with van der Waals surface area (Å²) in [5.74, 6) is 1.96. The lowest BCUT2D eigenvalue weighted by Gasteiger charge is -2.50. The number of phenolic OH excluding ortho intramolecular Hbond substituents is 1. The maximum Gasteiger partial charge on any atom is 0.250 e. The summed E-state index contributed by atoms with van der Waals surface area (Å²) in [4.78, 5) is 13.2. The predicted molar refractivity (Wildman–Crippen MR) is 121 cm³/mol. The molecule has 0 radical (unpaired) electrons. The van der Waals surface area contributed by atoms with Crippen LogP contribution in [0.15, 0.2) is 33.9 Å². The topological polar surface area (TPSA) is 83.5 Å². The molecule has 3 aliphatic carbocycles. The fourth-order valence-corrected chi connectivity index (χ4v) is 9.16. The van der Waals surface area contributed by atoms with E-state index >= 15 is 0 Å². The van der Waals surface area contributed by atoms with Gasteiger partial charge >= 0.3 is 0 Å². The van der Waals surface area contributed by atoms with E-state index in [0.717, 1.165) is 31.2 Å². The van der Waals surface area contributed by atoms with Crippen LogP contribution >= 0.6 is 11.3 Å². The molecule has 2 aromatic rings. The van der Waals surface area contributed by atoms with E-state index < -0.39 is 10.0 Å². The minimum absolute atomic E-state index is 0.171. The Morgan fingerprint density at radius 1 is 1.26 bits per heavy atom. The van der Waals surface area contributed by atoms with Crippen molar-refractivity contribution in [1.82, 2.24) is 4.72 Å². The van der Waals surface area contributed by atoms with Crippen LogP contribution in [0, 0.1) is 23.2 Å². The lowest BCUT2D eigenvalue weighted by Crippen LogP contribution is -2.44. The third kappa shape index (κ3) is 3.28. The van der Waals surface area contributed by atoms with Crippen LogP contribution in [0.3, 0.4) is 0 Å². The lowest BCUT2D eigenvalue weighted by molar-refractivity contribution is -0.129. The molecule has 0 saturated heterocycles. The van der Waals surface area contributed by atoms with E-state index in [2.05, 4.69) is 17.7 Å². The summed E-state index contributed by atoms with van der Waals surface area (Å²) in [5, 5.41) is 11.7. The molecule has 31 heavy (non-hydrogen) atoms. The monoisotopic (exact) mass is 459 g/mol. The number of benzene rings is 1. The van der Waals surface area contributed by atoms with Crippen molar-refractivity contribution in [2.75, 3.05) is 7.05 Å². The van der Waals surface area contributed by atoms with E-state index in [0.29, 0.717) is 40.4 Å². The average molecular weight is 460 g/mol. The summed E-state index contributed by atoms with van der Waals surface area (Å²) >= 11 is 1.25. The molecule has 0 spiro atoms. The Balaban J connectivity index is 1.50. The number of hydrogen-bond donors (Lipinski definition) is 2. The average Bonchev–Trinajstić information content (AvgIpc) is 3.31. The Labute approximate surface area is 187 Å². The molecule has 0 unspecified atom stereocenters. The first-order valence-corrected chi connectivity index (χ1v) is 13.5. The number of nitrogens with one attached hydrogen (secondary N) is 1. The molecule has 5 atom stereocenters. The molecule has 1 heterocycles. The Morgan fingerprint density at radius 2 is 2.06 bits per heavy atom. The molecule has 1 aromatic carbocycles. The second kappa shape index (κ2) is 7.42. The number of aromatic hydroxyl groups is 1. The van der Waals surface area contributed by atoms with Gasteiger partial charge in [0.15, 0.2) is 0 Å². The quantitative estimate of drug-likeness (QED) is 0.716. The molecule has 7 heteroatoms. The van der Waals surface area contributed by atoms with Crippen molar-refractivity contribution in [2.45, 2.75) is 55.6 Å². The molecule has 2 fully saturated rings. The SMILES string of the molecule is CNS(=O)(=O)c1sccc1C[C@H]1CC(=O)[C@@]2(C)CC[C@@H]3c4ccc(O)cc4CC[C@H]3[C@H]12. The number of fused-ring (bicyclic) bond motifs is 5. The molecule has 5 nitrogen and oxygen atoms in total. The maximum absolute atomic E-state index is 13.2. The maximum atomic E-state index is 13.2. The standard InChI is InChI=1S/C24H29NO4S2/c1-24-9-7-19-18-6-4-17(26)12-14(18)3-5-20(19)22(24)16(13-21(24)27)11-15-8-10-30-23(15)31(28,29)25-2/h4,6,8,10,12,16,19-20,22,25-26H,3,5,7,9,11,13H2,1-2H3/t16-,19+,20+,22-,24+/m0/s1. The predicted octanol–water partition coefficient (Wildman–Crippen LogP) is 4.26. The number of carbonyl (C=O) groups is 1. The van der Waals surface area contributed by atoms with Gasteiger partial charge in [0.2, 0.25) is 10.0 Å². The van der Waals surface area contributed by atoms with Crippen LogP contribution in [0.4, 0.5) is 0 Å². The van der Waals surface area contributed by atoms with E-state index in [-0.39, 0.29) is 17.3 Å². The first kappa shape index (κ1) is 21.2. The third-order valence-corrected chi connectivity index (χ3v) is 11.2. The number of thiophene rings is 1. The van der Waals surface area contributed by atoms with E-state index in [1.807, 2.05) is 17.5 Å². The number of aryl methyl sites for hydroxylation is 1. The van der Waals surface area contributed by atoms with Crippen LogP contribution in [0.2, 0.25) is 0 Å². The summed E-state index contributed by atoms with van der Waals surface area (Å²) < 4.78 is 27.8. The molecule has 0 amide bonds. The van der Waals surface area contributed by atoms with Crippen molar-refractivity contribution < 1.29 is 18.3 Å². The number of ketones is 1. The summed E-state index contributed by atoms with van der Waals surface area (Å²) in [6.45, 7) is 2.15. The highest BCUT2D eigenvalue weighted by Gasteiger charge is 2.58. The molecule has 2 saturated carbocycles. The zero-order chi connectivity index (χ0) is 22.0. The molecule has 3 aliphatic rings. The summed E-state index contributed by atoms with van der Waals surface area (Å²) in [7, 11) is -2.05. The molecular weight excluding hydrogens is 430 g/mol. The number of sulfonamides is 1. The zero-order valence-electron chi connectivity index (χ0n) is 17.9. The normalized spacial score (nSPS) is 32.4. The smallest absolute Gasteiger partial charge is 0.250 e. The lowest BCUT2D eigenvalue weighted by atomic mass is 9.54. The van der Waals surface area contributed by atoms with Gasteiger partial charge in [-0.3, -0.25) is 4.79 Å². The highest BCUT2D eigenvalue weighted by Crippen LogP contribution is 2.62. The van der Waals surface area contributed by atoms with E-state index in [9.17, 15) is 18.3 Å². The fourth-order valence-electron chi connectivity index (χ4n) is 6.89. The van der Waals surface area contributed by atoms with Crippen molar-refractivity contribution in [3.63, 3.8) is 0 Å². The molecule has 0 aliphatic heterocycles. The zero-order valence-corrected chi connectivity index (χ0v) is 19.6. The van der Waals surface area contributed by atoms with Gasteiger partial charge in [0, 0.05) is 11.8 Å². The Bertz CT molecular complexity index is 1140. The Kier molecular flexibility index (Phi) is 5.07.